The molecule has 0 unspecified atom stereocenters. The lowest BCUT2D eigenvalue weighted by Gasteiger charge is -2.23. The summed E-state index contributed by atoms with van der Waals surface area (Å²) in [4.78, 5) is 47.6. The summed E-state index contributed by atoms with van der Waals surface area (Å²) in [5, 5.41) is 3.14. The van der Waals surface area contributed by atoms with Crippen LogP contribution >= 0.6 is 19.1 Å². The maximum absolute atomic E-state index is 12.6. The van der Waals surface area contributed by atoms with Crippen molar-refractivity contribution in [1.82, 2.24) is 0 Å². The van der Waals surface area contributed by atoms with E-state index in [0.29, 0.717) is 10.6 Å². The van der Waals surface area contributed by atoms with Gasteiger partial charge in [-0.1, -0.05) is 60.7 Å². The predicted molar refractivity (Wildman–Crippen MR) is 115 cm³/mol. The van der Waals surface area contributed by atoms with Crippen molar-refractivity contribution < 1.29 is 19.2 Å². The molecule has 0 radical (unpaired) electrons. The van der Waals surface area contributed by atoms with Crippen molar-refractivity contribution >= 4 is 63.5 Å². The summed E-state index contributed by atoms with van der Waals surface area (Å²) in [5.74, 6) is 4.93. The summed E-state index contributed by atoms with van der Waals surface area (Å²) in [6.45, 7) is -3.16. The zero-order valence-electron chi connectivity index (χ0n) is 14.8. The highest BCUT2D eigenvalue weighted by Crippen LogP contribution is 2.40. The predicted octanol–water partition coefficient (Wildman–Crippen LogP) is -2.17. The van der Waals surface area contributed by atoms with Gasteiger partial charge >= 0.3 is 0 Å². The van der Waals surface area contributed by atoms with E-state index in [1.165, 1.54) is 6.07 Å². The van der Waals surface area contributed by atoms with Gasteiger partial charge in [0.05, 0.1) is 22.5 Å². The van der Waals surface area contributed by atoms with Crippen molar-refractivity contribution in [2.24, 2.45) is 0 Å². The van der Waals surface area contributed by atoms with E-state index in [4.69, 9.17) is 12.2 Å². The first-order valence-electron chi connectivity index (χ1n) is 8.31. The second kappa shape index (κ2) is 8.61. The minimum Gasteiger partial charge on any atom is -0.233 e. The fraction of sp³-hybridized carbons (Fsp3) is 0. The number of carbonyl (C=O) groups excluding carboxylic acids is 4. The number of rotatable bonds is 3. The Bertz CT molecular complexity index is 1470. The van der Waals surface area contributed by atoms with Gasteiger partial charge in [0.15, 0.2) is 0 Å². The molecule has 0 amide bonds. The molecule has 3 rings (SSSR count). The lowest BCUT2D eigenvalue weighted by atomic mass is 10.2. The highest BCUT2D eigenvalue weighted by molar-refractivity contribution is 7.93. The second-order valence-electron chi connectivity index (χ2n) is 5.91. The van der Waals surface area contributed by atoms with Crippen molar-refractivity contribution in [1.29, 1.82) is 0 Å². The molecule has 0 N–H and O–H groups in total. The Hall–Kier alpha value is -3.59. The van der Waals surface area contributed by atoms with Crippen LogP contribution in [-0.4, -0.2) is 28.5 Å². The zero-order chi connectivity index (χ0) is 20.9. The molecule has 0 heterocycles. The van der Waals surface area contributed by atoms with Crippen LogP contribution in [0.15, 0.2) is 66.7 Å². The van der Waals surface area contributed by atoms with E-state index < -0.39 is 6.89 Å². The molecule has 0 atom stereocenters. The largest absolute Gasteiger partial charge is 0.233 e. The fourth-order valence-corrected chi connectivity index (χ4v) is 6.59. The van der Waals surface area contributed by atoms with Crippen LogP contribution in [0.5, 0.6) is 0 Å². The number of hydrogen-bond acceptors (Lipinski definition) is 5. The van der Waals surface area contributed by atoms with Crippen LogP contribution in [0.25, 0.3) is 0 Å². The van der Waals surface area contributed by atoms with Gasteiger partial charge in [-0.05, 0) is 33.9 Å². The van der Waals surface area contributed by atoms with Crippen LogP contribution in [0.4, 0.5) is 0 Å². The topological polar surface area (TPSA) is 68.3 Å². The second-order valence-corrected chi connectivity index (χ2v) is 9.15. The van der Waals surface area contributed by atoms with Gasteiger partial charge < -0.3 is 0 Å². The minimum atomic E-state index is -3.16. The molecule has 3 aromatic carbocycles. The van der Waals surface area contributed by atoms with Gasteiger partial charge in [0.1, 0.15) is 23.5 Å². The Morgan fingerprint density at radius 1 is 0.655 bits per heavy atom. The SMILES string of the molecule is O=C=c1c(P(=C=O)(c2ccccc2)c2ccccc2)cc(=C=S)c(=C=O)c1=C=O. The van der Waals surface area contributed by atoms with Gasteiger partial charge in [0.25, 0.3) is 0 Å². The van der Waals surface area contributed by atoms with Gasteiger partial charge in [-0.25, -0.2) is 19.2 Å². The first-order valence-corrected chi connectivity index (χ1v) is 10.5. The summed E-state index contributed by atoms with van der Waals surface area (Å²) in [6.07, 6.45) is 0. The third kappa shape index (κ3) is 3.25. The van der Waals surface area contributed by atoms with Gasteiger partial charge in [-0.15, -0.1) is 0 Å². The van der Waals surface area contributed by atoms with Crippen LogP contribution in [0.3, 0.4) is 0 Å². The smallest absolute Gasteiger partial charge is 0.135 e. The normalized spacial score (nSPS) is 10.1. The molecule has 3 aromatic rings. The molecule has 6 heteroatoms. The van der Waals surface area contributed by atoms with Crippen LogP contribution in [0.1, 0.15) is 0 Å². The number of thiocarbonyl (C=S) groups is 1. The first-order chi connectivity index (χ1) is 14.2. The molecule has 138 valence electrons. The van der Waals surface area contributed by atoms with Gasteiger partial charge in [-0.3, -0.25) is 0 Å². The zero-order valence-corrected chi connectivity index (χ0v) is 16.6. The first kappa shape index (κ1) is 20.2. The third-order valence-corrected chi connectivity index (χ3v) is 8.22. The lowest BCUT2D eigenvalue weighted by Crippen LogP contribution is -2.58. The van der Waals surface area contributed by atoms with E-state index in [-0.39, 0.29) is 26.2 Å². The van der Waals surface area contributed by atoms with E-state index in [1.807, 2.05) is 0 Å². The van der Waals surface area contributed by atoms with Crippen LogP contribution in [0, 0.1) is 0 Å². The van der Waals surface area contributed by atoms with E-state index in [9.17, 15) is 19.2 Å². The van der Waals surface area contributed by atoms with E-state index in [1.54, 1.807) is 78.5 Å². The highest BCUT2D eigenvalue weighted by Gasteiger charge is 2.29. The number of benzene rings is 3. The van der Waals surface area contributed by atoms with Crippen molar-refractivity contribution in [2.75, 3.05) is 0 Å². The maximum Gasteiger partial charge on any atom is 0.135 e. The van der Waals surface area contributed by atoms with Gasteiger partial charge in [0.2, 0.25) is 0 Å². The fourth-order valence-electron chi connectivity index (χ4n) is 3.21. The molecular weight excluding hydrogens is 403 g/mol. The summed E-state index contributed by atoms with van der Waals surface area (Å²) in [7, 11) is 0. The lowest BCUT2D eigenvalue weighted by molar-refractivity contribution is 0.562. The van der Waals surface area contributed by atoms with Crippen molar-refractivity contribution in [3.05, 3.63) is 87.6 Å². The van der Waals surface area contributed by atoms with E-state index in [2.05, 4.69) is 10.7 Å². The van der Waals surface area contributed by atoms with Crippen molar-refractivity contribution in [2.45, 2.75) is 0 Å². The Kier molecular flexibility index (Phi) is 5.99. The average molecular weight is 414 g/mol. The molecule has 4 nitrogen and oxygen atoms in total. The van der Waals surface area contributed by atoms with E-state index >= 15 is 0 Å². The van der Waals surface area contributed by atoms with Crippen LogP contribution < -0.4 is 36.8 Å². The van der Waals surface area contributed by atoms with Crippen LogP contribution in [0.2, 0.25) is 0 Å². The molecule has 0 saturated carbocycles. The molecule has 0 aliphatic rings. The molecule has 0 aliphatic carbocycles. The van der Waals surface area contributed by atoms with Crippen molar-refractivity contribution in [3.63, 3.8) is 0 Å². The minimum absolute atomic E-state index is 0.0776. The molecular formula is C23H11O4PS. The summed E-state index contributed by atoms with van der Waals surface area (Å²) in [6, 6.07) is 19.1. The maximum atomic E-state index is 12.6. The molecule has 0 aliphatic heterocycles. The molecule has 0 spiro atoms. The Labute approximate surface area is 170 Å². The summed E-state index contributed by atoms with van der Waals surface area (Å²) < 4.78 is 0. The summed E-state index contributed by atoms with van der Waals surface area (Å²) >= 11 is 4.87. The van der Waals surface area contributed by atoms with Crippen LogP contribution in [-0.2, 0) is 19.2 Å². The number of hydrogen-bond donors (Lipinski definition) is 0. The molecule has 0 bridgehead atoms. The standard InChI is InChI=1S/C23H11O4PS/c24-12-20-17(15-29)11-23(22(14-26)21(20)13-25)28(16-27,18-7-3-1-4-8-18)19-9-5-2-6-10-19/h1-11H. The molecule has 29 heavy (non-hydrogen) atoms. The van der Waals surface area contributed by atoms with Gasteiger partial charge in [0, 0.05) is 10.5 Å². The highest BCUT2D eigenvalue weighted by atomic mass is 32.1. The quantitative estimate of drug-likeness (QED) is 0.361. The Morgan fingerprint density at radius 2 is 1.14 bits per heavy atom. The van der Waals surface area contributed by atoms with Gasteiger partial charge in [-0.2, -0.15) is 0 Å². The summed E-state index contributed by atoms with van der Waals surface area (Å²) in [5.41, 5.74) is 2.17. The molecule has 0 saturated heterocycles. The molecule has 0 fully saturated rings. The van der Waals surface area contributed by atoms with Crippen molar-refractivity contribution in [3.8, 4) is 0 Å². The average Bonchev–Trinajstić information content (AvgIpc) is 2.80. The Balaban J connectivity index is 2.79. The monoisotopic (exact) mass is 414 g/mol. The van der Waals surface area contributed by atoms with E-state index in [0.717, 1.165) is 0 Å². The Morgan fingerprint density at radius 3 is 1.52 bits per heavy atom. The molecule has 0 aromatic heterocycles. The third-order valence-electron chi connectivity index (χ3n) is 4.51.